The molecule has 3 aromatic carbocycles. The number of hydrogen-bond acceptors (Lipinski definition) is 5. The second kappa shape index (κ2) is 11.4. The fourth-order valence-electron chi connectivity index (χ4n) is 5.40. The molecule has 0 bridgehead atoms. The molecule has 0 saturated carbocycles. The molecule has 0 saturated heterocycles. The van der Waals surface area contributed by atoms with Crippen LogP contribution in [0.2, 0.25) is 0 Å². The van der Waals surface area contributed by atoms with Crippen molar-refractivity contribution in [1.82, 2.24) is 5.16 Å². The average molecular weight is 542 g/mol. The normalized spacial score (nSPS) is 14.9. The molecule has 1 heterocycles. The Balaban J connectivity index is 1.45. The van der Waals surface area contributed by atoms with Crippen LogP contribution in [-0.2, 0) is 11.4 Å². The summed E-state index contributed by atoms with van der Waals surface area (Å²) in [4.78, 5) is 11.5. The van der Waals surface area contributed by atoms with Gasteiger partial charge in [-0.15, -0.1) is 0 Å². The van der Waals surface area contributed by atoms with Crippen molar-refractivity contribution in [2.45, 2.75) is 45.6 Å². The number of nitrogens with zero attached hydrogens (tertiary/aromatic N) is 1. The van der Waals surface area contributed by atoms with Crippen LogP contribution in [0.5, 0.6) is 11.5 Å². The van der Waals surface area contributed by atoms with Crippen molar-refractivity contribution in [2.75, 3.05) is 7.11 Å². The van der Waals surface area contributed by atoms with E-state index in [1.807, 2.05) is 36.4 Å². The number of carboxylic acids is 1. The minimum Gasteiger partial charge on any atom is -0.497 e. The highest BCUT2D eigenvalue weighted by Gasteiger charge is 2.30. The van der Waals surface area contributed by atoms with E-state index in [0.29, 0.717) is 29.4 Å². The van der Waals surface area contributed by atoms with Gasteiger partial charge in [0, 0.05) is 17.5 Å². The largest absolute Gasteiger partial charge is 0.497 e. The van der Waals surface area contributed by atoms with Crippen molar-refractivity contribution in [3.63, 3.8) is 0 Å². The van der Waals surface area contributed by atoms with Crippen LogP contribution < -0.4 is 9.47 Å². The van der Waals surface area contributed by atoms with E-state index in [1.165, 1.54) is 17.9 Å². The van der Waals surface area contributed by atoms with Gasteiger partial charge in [0.2, 0.25) is 0 Å². The number of allylic oxidation sites excluding steroid dienone is 2. The summed E-state index contributed by atoms with van der Waals surface area (Å²) in [5.41, 5.74) is 5.71. The molecule has 4 aromatic rings. The molecule has 1 aliphatic rings. The van der Waals surface area contributed by atoms with Crippen molar-refractivity contribution >= 4 is 11.5 Å². The molecule has 0 spiro atoms. The average Bonchev–Trinajstić information content (AvgIpc) is 3.60. The molecule has 1 N–H and O–H groups in total. The zero-order chi connectivity index (χ0) is 28.3. The molecule has 1 aromatic heterocycles. The van der Waals surface area contributed by atoms with Crippen molar-refractivity contribution in [3.05, 3.63) is 107 Å². The predicted octanol–water partition coefficient (Wildman–Crippen LogP) is 7.88. The number of methoxy groups -OCH3 is 1. The number of halogens is 1. The van der Waals surface area contributed by atoms with Gasteiger partial charge in [-0.2, -0.15) is 0 Å². The van der Waals surface area contributed by atoms with E-state index in [-0.39, 0.29) is 17.7 Å². The lowest BCUT2D eigenvalue weighted by molar-refractivity contribution is -0.137. The van der Waals surface area contributed by atoms with Crippen molar-refractivity contribution in [2.24, 2.45) is 5.41 Å². The van der Waals surface area contributed by atoms with Gasteiger partial charge in [-0.05, 0) is 82.5 Å². The lowest BCUT2D eigenvalue weighted by Gasteiger charge is -2.25. The topological polar surface area (TPSA) is 81.8 Å². The van der Waals surface area contributed by atoms with E-state index in [0.717, 1.165) is 35.1 Å². The first-order valence-electron chi connectivity index (χ1n) is 13.3. The third kappa shape index (κ3) is 5.78. The van der Waals surface area contributed by atoms with Gasteiger partial charge in [0.15, 0.2) is 0 Å². The van der Waals surface area contributed by atoms with E-state index in [4.69, 9.17) is 14.0 Å². The second-order valence-electron chi connectivity index (χ2n) is 10.7. The third-order valence-electron chi connectivity index (χ3n) is 7.54. The van der Waals surface area contributed by atoms with Gasteiger partial charge in [0.1, 0.15) is 30.2 Å². The number of aromatic nitrogens is 1. The first-order chi connectivity index (χ1) is 19.2. The Bertz CT molecular complexity index is 1540. The van der Waals surface area contributed by atoms with Crippen LogP contribution in [0.15, 0.2) is 83.6 Å². The fraction of sp³-hybridized carbons (Fsp3) is 0.273. The third-order valence-corrected chi connectivity index (χ3v) is 7.54. The van der Waals surface area contributed by atoms with E-state index >= 15 is 4.39 Å². The Hall–Kier alpha value is -4.39. The van der Waals surface area contributed by atoms with Gasteiger partial charge >= 0.3 is 5.97 Å². The Labute approximate surface area is 233 Å². The Morgan fingerprint density at radius 1 is 1.05 bits per heavy atom. The van der Waals surface area contributed by atoms with Crippen LogP contribution in [0.25, 0.3) is 16.7 Å². The second-order valence-corrected chi connectivity index (χ2v) is 10.7. The summed E-state index contributed by atoms with van der Waals surface area (Å²) in [5.74, 6) is -0.479. The number of hydrogen-bond donors (Lipinski definition) is 1. The monoisotopic (exact) mass is 541 g/mol. The van der Waals surface area contributed by atoms with Gasteiger partial charge in [-0.3, -0.25) is 4.79 Å². The highest BCUT2D eigenvalue weighted by molar-refractivity contribution is 5.85. The van der Waals surface area contributed by atoms with Crippen LogP contribution in [0, 0.1) is 11.2 Å². The molecule has 0 radical (unpaired) electrons. The molecule has 206 valence electrons. The summed E-state index contributed by atoms with van der Waals surface area (Å²) in [6, 6.07) is 19.8. The van der Waals surface area contributed by atoms with E-state index in [2.05, 4.69) is 31.1 Å². The fourth-order valence-corrected chi connectivity index (χ4v) is 5.40. The molecule has 1 atom stereocenters. The van der Waals surface area contributed by atoms with Crippen LogP contribution in [0.3, 0.4) is 0 Å². The lowest BCUT2D eigenvalue weighted by atomic mass is 9.79. The Morgan fingerprint density at radius 2 is 1.90 bits per heavy atom. The van der Waals surface area contributed by atoms with E-state index in [1.54, 1.807) is 25.3 Å². The molecule has 1 aliphatic carbocycles. The number of carbonyl (C=O) groups is 1. The smallest absolute Gasteiger partial charge is 0.304 e. The summed E-state index contributed by atoms with van der Waals surface area (Å²) < 4.78 is 31.6. The number of aliphatic carboxylic acids is 1. The number of ether oxygens (including phenoxy) is 2. The minimum atomic E-state index is -0.927. The molecule has 7 heteroatoms. The zero-order valence-corrected chi connectivity index (χ0v) is 22.8. The highest BCUT2D eigenvalue weighted by Crippen LogP contribution is 2.47. The van der Waals surface area contributed by atoms with Gasteiger partial charge in [0.05, 0.1) is 19.2 Å². The molecular weight excluding hydrogens is 509 g/mol. The summed E-state index contributed by atoms with van der Waals surface area (Å²) in [5, 5.41) is 13.4. The Morgan fingerprint density at radius 3 is 2.60 bits per heavy atom. The van der Waals surface area contributed by atoms with Gasteiger partial charge < -0.3 is 19.1 Å². The van der Waals surface area contributed by atoms with Gasteiger partial charge in [-0.1, -0.05) is 49.3 Å². The number of carboxylic acid groups (broad SMARTS) is 1. The zero-order valence-electron chi connectivity index (χ0n) is 22.8. The van der Waals surface area contributed by atoms with Gasteiger partial charge in [-0.25, -0.2) is 4.39 Å². The molecule has 0 aliphatic heterocycles. The van der Waals surface area contributed by atoms with Crippen LogP contribution in [0.4, 0.5) is 4.39 Å². The molecule has 0 amide bonds. The van der Waals surface area contributed by atoms with Gasteiger partial charge in [0.25, 0.3) is 0 Å². The van der Waals surface area contributed by atoms with Crippen LogP contribution in [-0.4, -0.2) is 23.3 Å². The molecule has 5 rings (SSSR count). The maximum atomic E-state index is 15.1. The predicted molar refractivity (Wildman–Crippen MR) is 151 cm³/mol. The van der Waals surface area contributed by atoms with Crippen molar-refractivity contribution in [3.8, 4) is 22.6 Å². The number of rotatable bonds is 10. The first kappa shape index (κ1) is 27.2. The van der Waals surface area contributed by atoms with Crippen LogP contribution in [0.1, 0.15) is 61.4 Å². The molecule has 0 unspecified atom stereocenters. The maximum Gasteiger partial charge on any atom is 0.304 e. The Kier molecular flexibility index (Phi) is 7.74. The van der Waals surface area contributed by atoms with E-state index < -0.39 is 11.9 Å². The standard InChI is InChI=1S/C33H32FNO5/c1-33(2)14-5-8-29(33)27-16-21(9-11-25(27)28-18-23(38-3)10-12-30(28)34)20-39-24-7-4-6-22(17-24)26(19-32(36)37)31-13-15-40-35-31/h4,6-13,15-18,26H,5,14,19-20H2,1-3H3,(H,36,37)/t26-/m1/s1. The molecular formula is C33H32FNO5. The summed E-state index contributed by atoms with van der Waals surface area (Å²) in [6.45, 7) is 4.72. The van der Waals surface area contributed by atoms with Crippen molar-refractivity contribution in [1.29, 1.82) is 0 Å². The highest BCUT2D eigenvalue weighted by atomic mass is 19.1. The number of benzene rings is 3. The van der Waals surface area contributed by atoms with E-state index in [9.17, 15) is 9.90 Å². The molecule has 6 nitrogen and oxygen atoms in total. The summed E-state index contributed by atoms with van der Waals surface area (Å²) in [6.07, 6.45) is 5.56. The quantitative estimate of drug-likeness (QED) is 0.220. The van der Waals surface area contributed by atoms with Crippen LogP contribution >= 0.6 is 0 Å². The lowest BCUT2D eigenvalue weighted by Crippen LogP contribution is -2.10. The SMILES string of the molecule is COc1ccc(F)c(-c2ccc(COc3cccc([C@@H](CC(=O)O)c4ccon4)c3)cc2C2=CCCC2(C)C)c1. The first-order valence-corrected chi connectivity index (χ1v) is 13.3. The molecule has 0 fully saturated rings. The maximum absolute atomic E-state index is 15.1. The minimum absolute atomic E-state index is 0.0435. The molecule has 40 heavy (non-hydrogen) atoms. The van der Waals surface area contributed by atoms with Crippen molar-refractivity contribution < 1.29 is 28.3 Å². The summed E-state index contributed by atoms with van der Waals surface area (Å²) >= 11 is 0. The summed E-state index contributed by atoms with van der Waals surface area (Å²) in [7, 11) is 1.57.